The number of methoxy groups -OCH3 is 1. The van der Waals surface area contributed by atoms with Crippen LogP contribution in [0.15, 0.2) is 18.2 Å². The first kappa shape index (κ1) is 14.6. The molecule has 1 aliphatic heterocycles. The van der Waals surface area contributed by atoms with Crippen molar-refractivity contribution in [3.8, 4) is 5.75 Å². The molecule has 0 radical (unpaired) electrons. The van der Waals surface area contributed by atoms with E-state index in [-0.39, 0.29) is 17.5 Å². The maximum atomic E-state index is 13.1. The summed E-state index contributed by atoms with van der Waals surface area (Å²) in [5.41, 5.74) is 0.166. The number of hydrogen-bond acceptors (Lipinski definition) is 7. The van der Waals surface area contributed by atoms with E-state index in [1.165, 1.54) is 13.2 Å². The summed E-state index contributed by atoms with van der Waals surface area (Å²) in [5.74, 6) is -1.71. The number of hydrogen-bond donors (Lipinski definition) is 0. The van der Waals surface area contributed by atoms with Gasteiger partial charge in [-0.1, -0.05) is 0 Å². The van der Waals surface area contributed by atoms with Crippen molar-refractivity contribution in [2.75, 3.05) is 25.1 Å². The van der Waals surface area contributed by atoms with Gasteiger partial charge in [-0.25, -0.2) is 13.6 Å². The maximum absolute atomic E-state index is 13.1. The fourth-order valence-electron chi connectivity index (χ4n) is 2.04. The molecular formula is C13H11F2N3O3S. The van der Waals surface area contributed by atoms with E-state index >= 15 is 0 Å². The van der Waals surface area contributed by atoms with Crippen LogP contribution < -0.4 is 9.64 Å². The molecule has 0 aliphatic carbocycles. The molecule has 0 N–H and O–H groups in total. The summed E-state index contributed by atoms with van der Waals surface area (Å²) in [6, 6.07) is 3.38. The van der Waals surface area contributed by atoms with Gasteiger partial charge in [0.2, 0.25) is 5.69 Å². The molecule has 3 rings (SSSR count). The van der Waals surface area contributed by atoms with E-state index in [2.05, 4.69) is 13.5 Å². The van der Waals surface area contributed by atoms with Crippen LogP contribution in [-0.2, 0) is 4.74 Å². The van der Waals surface area contributed by atoms with Crippen molar-refractivity contribution in [3.63, 3.8) is 0 Å². The average Bonchev–Trinajstić information content (AvgIpc) is 2.94. The van der Waals surface area contributed by atoms with Gasteiger partial charge in [-0.15, -0.1) is 0 Å². The number of ether oxygens (including phenoxy) is 2. The molecule has 0 amide bonds. The molecule has 0 unspecified atom stereocenters. The van der Waals surface area contributed by atoms with Gasteiger partial charge in [0.05, 0.1) is 31.9 Å². The van der Waals surface area contributed by atoms with Gasteiger partial charge < -0.3 is 14.4 Å². The summed E-state index contributed by atoms with van der Waals surface area (Å²) in [5, 5.41) is 0. The minimum Gasteiger partial charge on any atom is -0.487 e. The molecule has 0 saturated carbocycles. The quantitative estimate of drug-likeness (QED) is 0.799. The highest BCUT2D eigenvalue weighted by Gasteiger charge is 2.34. The van der Waals surface area contributed by atoms with Crippen LogP contribution >= 0.6 is 11.7 Å². The molecule has 0 spiro atoms. The lowest BCUT2D eigenvalue weighted by atomic mass is 10.1. The number of carbonyl (C=O) groups is 1. The molecule has 1 aliphatic rings. The lowest BCUT2D eigenvalue weighted by Gasteiger charge is -2.39. The third kappa shape index (κ3) is 2.71. The largest absolute Gasteiger partial charge is 0.487 e. The first-order valence-electron chi connectivity index (χ1n) is 6.36. The van der Waals surface area contributed by atoms with Crippen LogP contribution in [0.3, 0.4) is 0 Å². The number of halogens is 2. The Labute approximate surface area is 128 Å². The molecule has 1 aromatic heterocycles. The number of benzene rings is 1. The van der Waals surface area contributed by atoms with Gasteiger partial charge in [-0.05, 0) is 12.1 Å². The van der Waals surface area contributed by atoms with Gasteiger partial charge in [0.1, 0.15) is 11.9 Å². The second-order valence-electron chi connectivity index (χ2n) is 4.65. The molecule has 1 fully saturated rings. The second kappa shape index (κ2) is 5.84. The Bertz CT molecular complexity index is 704. The molecule has 22 heavy (non-hydrogen) atoms. The van der Waals surface area contributed by atoms with E-state index in [1.807, 2.05) is 0 Å². The van der Waals surface area contributed by atoms with Crippen molar-refractivity contribution in [1.29, 1.82) is 0 Å². The standard InChI is InChI=1S/C13H11F2N3O3S/c1-20-13(19)11-12(17-22-16-11)18-5-8(6-18)21-7-2-3-9(14)10(15)4-7/h2-4,8H,5-6H2,1H3. The van der Waals surface area contributed by atoms with Gasteiger partial charge in [0.15, 0.2) is 17.5 Å². The highest BCUT2D eigenvalue weighted by atomic mass is 32.1. The van der Waals surface area contributed by atoms with Crippen molar-refractivity contribution in [3.05, 3.63) is 35.5 Å². The molecule has 2 aromatic rings. The Morgan fingerprint density at radius 2 is 2.09 bits per heavy atom. The molecular weight excluding hydrogens is 316 g/mol. The maximum Gasteiger partial charge on any atom is 0.361 e. The third-order valence-electron chi connectivity index (χ3n) is 3.19. The van der Waals surface area contributed by atoms with Crippen LogP contribution in [-0.4, -0.2) is 41.0 Å². The second-order valence-corrected chi connectivity index (χ2v) is 5.18. The molecule has 2 heterocycles. The Kier molecular flexibility index (Phi) is 3.88. The zero-order chi connectivity index (χ0) is 15.7. The highest BCUT2D eigenvalue weighted by molar-refractivity contribution is 6.99. The lowest BCUT2D eigenvalue weighted by molar-refractivity contribution is 0.0594. The van der Waals surface area contributed by atoms with Crippen LogP contribution in [0, 0.1) is 11.6 Å². The van der Waals surface area contributed by atoms with Crippen LogP contribution in [0.1, 0.15) is 10.5 Å². The third-order valence-corrected chi connectivity index (χ3v) is 3.71. The first-order chi connectivity index (χ1) is 10.6. The van der Waals surface area contributed by atoms with E-state index in [0.29, 0.717) is 18.9 Å². The predicted molar refractivity (Wildman–Crippen MR) is 74.2 cm³/mol. The molecule has 1 aromatic carbocycles. The minimum atomic E-state index is -0.953. The number of rotatable bonds is 4. The van der Waals surface area contributed by atoms with Gasteiger partial charge in [0, 0.05) is 6.07 Å². The molecule has 0 bridgehead atoms. The first-order valence-corrected chi connectivity index (χ1v) is 7.09. The normalized spacial score (nSPS) is 14.6. The zero-order valence-electron chi connectivity index (χ0n) is 11.5. The Morgan fingerprint density at radius 3 is 2.77 bits per heavy atom. The van der Waals surface area contributed by atoms with E-state index in [9.17, 15) is 13.6 Å². The van der Waals surface area contributed by atoms with E-state index < -0.39 is 17.6 Å². The SMILES string of the molecule is COC(=O)c1nsnc1N1CC(Oc2ccc(F)c(F)c2)C1. The highest BCUT2D eigenvalue weighted by Crippen LogP contribution is 2.26. The summed E-state index contributed by atoms with van der Waals surface area (Å²) in [4.78, 5) is 13.3. The number of anilines is 1. The number of nitrogens with zero attached hydrogens (tertiary/aromatic N) is 3. The van der Waals surface area contributed by atoms with Gasteiger partial charge in [-0.2, -0.15) is 8.75 Å². The Hall–Kier alpha value is -2.29. The van der Waals surface area contributed by atoms with Crippen molar-refractivity contribution in [2.24, 2.45) is 0 Å². The van der Waals surface area contributed by atoms with Crippen molar-refractivity contribution < 1.29 is 23.0 Å². The molecule has 6 nitrogen and oxygen atoms in total. The Morgan fingerprint density at radius 1 is 1.32 bits per heavy atom. The predicted octanol–water partition coefficient (Wildman–Crippen LogP) is 1.87. The van der Waals surface area contributed by atoms with Gasteiger partial charge >= 0.3 is 5.97 Å². The minimum absolute atomic E-state index is 0.166. The van der Waals surface area contributed by atoms with Crippen molar-refractivity contribution >= 4 is 23.5 Å². The van der Waals surface area contributed by atoms with Crippen molar-refractivity contribution in [1.82, 2.24) is 8.75 Å². The van der Waals surface area contributed by atoms with Gasteiger partial charge in [0.25, 0.3) is 0 Å². The number of esters is 1. The summed E-state index contributed by atoms with van der Waals surface area (Å²) in [6.07, 6.45) is -0.197. The zero-order valence-corrected chi connectivity index (χ0v) is 12.3. The van der Waals surface area contributed by atoms with Crippen LogP contribution in [0.25, 0.3) is 0 Å². The molecule has 9 heteroatoms. The van der Waals surface area contributed by atoms with Gasteiger partial charge in [-0.3, -0.25) is 0 Å². The fraction of sp³-hybridized carbons (Fsp3) is 0.308. The van der Waals surface area contributed by atoms with E-state index in [1.54, 1.807) is 4.90 Å². The topological polar surface area (TPSA) is 64.5 Å². The smallest absolute Gasteiger partial charge is 0.361 e. The number of aromatic nitrogens is 2. The van der Waals surface area contributed by atoms with Crippen molar-refractivity contribution in [2.45, 2.75) is 6.10 Å². The van der Waals surface area contributed by atoms with Crippen LogP contribution in [0.5, 0.6) is 5.75 Å². The Balaban J connectivity index is 1.61. The lowest BCUT2D eigenvalue weighted by Crippen LogP contribution is -2.54. The van der Waals surface area contributed by atoms with E-state index in [4.69, 9.17) is 4.74 Å². The van der Waals surface area contributed by atoms with Crippen LogP contribution in [0.4, 0.5) is 14.6 Å². The molecule has 1 saturated heterocycles. The summed E-state index contributed by atoms with van der Waals surface area (Å²) >= 11 is 0.922. The summed E-state index contributed by atoms with van der Waals surface area (Å²) in [6.45, 7) is 0.933. The summed E-state index contributed by atoms with van der Waals surface area (Å²) in [7, 11) is 1.27. The van der Waals surface area contributed by atoms with E-state index in [0.717, 1.165) is 23.9 Å². The molecule has 116 valence electrons. The summed E-state index contributed by atoms with van der Waals surface area (Å²) < 4.78 is 44.1. The molecule has 0 atom stereocenters. The fourth-order valence-corrected chi connectivity index (χ4v) is 2.60. The monoisotopic (exact) mass is 327 g/mol. The average molecular weight is 327 g/mol. The van der Waals surface area contributed by atoms with Crippen LogP contribution in [0.2, 0.25) is 0 Å². The number of carbonyl (C=O) groups excluding carboxylic acids is 1.